The highest BCUT2D eigenvalue weighted by molar-refractivity contribution is 9.11. The van der Waals surface area contributed by atoms with Gasteiger partial charge in [0.1, 0.15) is 5.82 Å². The lowest BCUT2D eigenvalue weighted by atomic mass is 10.0. The van der Waals surface area contributed by atoms with Crippen LogP contribution in [0.15, 0.2) is 79.1 Å². The van der Waals surface area contributed by atoms with E-state index in [2.05, 4.69) is 58.4 Å². The van der Waals surface area contributed by atoms with Crippen molar-refractivity contribution in [2.45, 2.75) is 53.9 Å². The molecule has 3 rings (SSSR count). The van der Waals surface area contributed by atoms with Crippen molar-refractivity contribution in [1.82, 2.24) is 9.88 Å². The summed E-state index contributed by atoms with van der Waals surface area (Å²) in [5.41, 5.74) is 12.7. The van der Waals surface area contributed by atoms with Gasteiger partial charge in [-0.1, -0.05) is 75.2 Å². The average Bonchev–Trinajstić information content (AvgIpc) is 3.14. The highest BCUT2D eigenvalue weighted by Gasteiger charge is 2.09. The predicted octanol–water partition coefficient (Wildman–Crippen LogP) is 9.05. The summed E-state index contributed by atoms with van der Waals surface area (Å²) in [5, 5.41) is 15.9. The second kappa shape index (κ2) is 32.4. The van der Waals surface area contributed by atoms with Gasteiger partial charge in [0.15, 0.2) is 11.5 Å². The molecule has 1 heterocycles. The zero-order valence-corrected chi connectivity index (χ0v) is 31.9. The summed E-state index contributed by atoms with van der Waals surface area (Å²) in [4.78, 5) is 8.41. The van der Waals surface area contributed by atoms with E-state index in [0.717, 1.165) is 54.9 Å². The second-order valence-electron chi connectivity index (χ2n) is 9.10. The third-order valence-electron chi connectivity index (χ3n) is 6.32. The van der Waals surface area contributed by atoms with Gasteiger partial charge in [0.25, 0.3) is 0 Å². The maximum Gasteiger partial charge on any atom is 0.160 e. The standard InChI is InChI=1S/C20H21N3O3.C10H20BrNO.2C2H6.C2H4.CH4O/c1-25-18-8-3-13(11-19(18)26-2)9-14-10-17(20(21)22-12-14)15-4-6-16(23-24)7-5-15;1-4-10(5-8-13-3)9-12(2)7-6-11;4*1-2/h3-8,10-12,23-24H,9H2,1-2H3,(H2,21,22);6-7,10H,4-5,8-9H2,1-3H3;2*1-2H3;1-2H2;2H,1H3/b;7-6-;;;;. The molecule has 0 bridgehead atoms. The van der Waals surface area contributed by atoms with Crippen LogP contribution in [0.5, 0.6) is 11.5 Å². The van der Waals surface area contributed by atoms with Crippen LogP contribution in [-0.4, -0.2) is 68.8 Å². The summed E-state index contributed by atoms with van der Waals surface area (Å²) < 4.78 is 15.7. The average molecular weight is 722 g/mol. The first-order valence-corrected chi connectivity index (χ1v) is 16.7. The number of nitrogens with one attached hydrogen (secondary N) is 1. The first-order valence-electron chi connectivity index (χ1n) is 15.8. The molecule has 0 aliphatic heterocycles. The summed E-state index contributed by atoms with van der Waals surface area (Å²) in [6.07, 6.45) is 6.86. The number of hydrogen-bond donors (Lipinski definition) is 4. The van der Waals surface area contributed by atoms with Gasteiger partial charge in [0.2, 0.25) is 0 Å². The molecule has 0 spiro atoms. The van der Waals surface area contributed by atoms with Crippen LogP contribution >= 0.6 is 15.9 Å². The Kier molecular flexibility index (Phi) is 32.9. The SMILES string of the molecule is C=C.CC.CC.CCC(CCOC)CN(C)/C=C\Br.CO.COc1ccc(Cc2cnc(N)c(-c3ccc(NO)cc3)c2)cc1OC. The maximum atomic E-state index is 8.94. The van der Waals surface area contributed by atoms with Crippen LogP contribution in [0.3, 0.4) is 0 Å². The molecule has 2 aromatic carbocycles. The minimum absolute atomic E-state index is 0.464. The van der Waals surface area contributed by atoms with Gasteiger partial charge in [0, 0.05) is 52.4 Å². The number of halogens is 1. The second-order valence-corrected chi connectivity index (χ2v) is 9.63. The van der Waals surface area contributed by atoms with Crippen LogP contribution in [-0.2, 0) is 11.2 Å². The molecule has 0 aliphatic rings. The normalized spacial score (nSPS) is 9.98. The Morgan fingerprint density at radius 2 is 1.55 bits per heavy atom. The molecule has 0 amide bonds. The fraction of sp³-hybridized carbons (Fsp3) is 0.432. The van der Waals surface area contributed by atoms with Crippen LogP contribution in [0.25, 0.3) is 11.1 Å². The summed E-state index contributed by atoms with van der Waals surface area (Å²) in [6, 6.07) is 15.2. The fourth-order valence-electron chi connectivity index (χ4n) is 4.07. The molecule has 1 unspecified atom stereocenters. The summed E-state index contributed by atoms with van der Waals surface area (Å²) in [6.45, 7) is 18.2. The van der Waals surface area contributed by atoms with Crippen LogP contribution < -0.4 is 20.7 Å². The maximum absolute atomic E-state index is 8.94. The molecule has 9 nitrogen and oxygen atoms in total. The minimum atomic E-state index is 0.464. The number of methoxy groups -OCH3 is 3. The van der Waals surface area contributed by atoms with Crippen LogP contribution in [0.4, 0.5) is 11.5 Å². The number of rotatable bonds is 13. The van der Waals surface area contributed by atoms with Crippen molar-refractivity contribution in [3.63, 3.8) is 0 Å². The lowest BCUT2D eigenvalue weighted by molar-refractivity contribution is 0.168. The molecule has 47 heavy (non-hydrogen) atoms. The molecule has 1 aromatic heterocycles. The van der Waals surface area contributed by atoms with Crippen molar-refractivity contribution in [1.29, 1.82) is 0 Å². The van der Waals surface area contributed by atoms with Crippen molar-refractivity contribution < 1.29 is 24.5 Å². The molecule has 0 fully saturated rings. The number of aliphatic hydroxyl groups excluding tert-OH is 1. The zero-order chi connectivity index (χ0) is 36.6. The van der Waals surface area contributed by atoms with Crippen LogP contribution in [0.1, 0.15) is 58.6 Å². The van der Waals surface area contributed by atoms with Crippen molar-refractivity contribution in [3.05, 3.63) is 90.2 Å². The summed E-state index contributed by atoms with van der Waals surface area (Å²) in [7, 11) is 8.09. The van der Waals surface area contributed by atoms with E-state index in [1.54, 1.807) is 39.7 Å². The van der Waals surface area contributed by atoms with E-state index in [9.17, 15) is 0 Å². The molecular weight excluding hydrogens is 660 g/mol. The van der Waals surface area contributed by atoms with Gasteiger partial charge in [-0.3, -0.25) is 10.7 Å². The Balaban J connectivity index is -0.000000781. The lowest BCUT2D eigenvalue weighted by Gasteiger charge is -2.21. The van der Waals surface area contributed by atoms with E-state index in [1.807, 2.05) is 75.3 Å². The van der Waals surface area contributed by atoms with Gasteiger partial charge in [-0.15, -0.1) is 13.2 Å². The lowest BCUT2D eigenvalue weighted by Crippen LogP contribution is -2.21. The van der Waals surface area contributed by atoms with Gasteiger partial charge in [-0.25, -0.2) is 4.98 Å². The van der Waals surface area contributed by atoms with E-state index >= 15 is 0 Å². The van der Waals surface area contributed by atoms with Gasteiger partial charge in [-0.2, -0.15) is 0 Å². The highest BCUT2D eigenvalue weighted by atomic mass is 79.9. The van der Waals surface area contributed by atoms with Crippen LogP contribution in [0, 0.1) is 5.92 Å². The molecule has 0 radical (unpaired) electrons. The van der Waals surface area contributed by atoms with E-state index < -0.39 is 0 Å². The van der Waals surface area contributed by atoms with Gasteiger partial charge in [0.05, 0.1) is 19.9 Å². The van der Waals surface area contributed by atoms with E-state index in [-0.39, 0.29) is 0 Å². The number of pyridine rings is 1. The highest BCUT2D eigenvalue weighted by Crippen LogP contribution is 2.30. The van der Waals surface area contributed by atoms with Crippen molar-refractivity contribution in [3.8, 4) is 22.6 Å². The smallest absolute Gasteiger partial charge is 0.160 e. The van der Waals surface area contributed by atoms with Gasteiger partial charge < -0.3 is 30.0 Å². The molecular formula is C37H61BrN4O5. The monoisotopic (exact) mass is 720 g/mol. The molecule has 0 saturated carbocycles. The number of hydrogen-bond acceptors (Lipinski definition) is 9. The Morgan fingerprint density at radius 1 is 0.957 bits per heavy atom. The van der Waals surface area contributed by atoms with E-state index in [1.165, 1.54) is 6.42 Å². The summed E-state index contributed by atoms with van der Waals surface area (Å²) >= 11 is 3.27. The van der Waals surface area contributed by atoms with Crippen molar-refractivity contribution in [2.24, 2.45) is 5.92 Å². The third kappa shape index (κ3) is 19.6. The Bertz CT molecular complexity index is 1180. The first-order chi connectivity index (χ1) is 22.9. The first kappa shape index (κ1) is 47.8. The molecule has 0 aliphatic carbocycles. The summed E-state index contributed by atoms with van der Waals surface area (Å²) in [5.74, 6) is 2.59. The number of nitrogen functional groups attached to an aromatic ring is 1. The van der Waals surface area contributed by atoms with Gasteiger partial charge in [-0.05, 0) is 70.8 Å². The third-order valence-corrected chi connectivity index (χ3v) is 6.56. The van der Waals surface area contributed by atoms with E-state index in [0.29, 0.717) is 29.4 Å². The number of aliphatic hydroxyl groups is 1. The quantitative estimate of drug-likeness (QED) is 0.101. The topological polar surface area (TPSA) is 122 Å². The van der Waals surface area contributed by atoms with E-state index in [4.69, 9.17) is 30.3 Å². The van der Waals surface area contributed by atoms with Crippen molar-refractivity contribution >= 4 is 27.4 Å². The van der Waals surface area contributed by atoms with Crippen molar-refractivity contribution in [2.75, 3.05) is 59.9 Å². The molecule has 10 heteroatoms. The molecule has 266 valence electrons. The molecule has 1 atom stereocenters. The number of anilines is 2. The van der Waals surface area contributed by atoms with Gasteiger partial charge >= 0.3 is 0 Å². The molecule has 0 saturated heterocycles. The largest absolute Gasteiger partial charge is 0.493 e. The Labute approximate surface area is 293 Å². The predicted molar refractivity (Wildman–Crippen MR) is 205 cm³/mol. The van der Waals surface area contributed by atoms with Crippen LogP contribution in [0.2, 0.25) is 0 Å². The fourth-order valence-corrected chi connectivity index (χ4v) is 4.47. The number of benzene rings is 2. The number of nitrogens with zero attached hydrogens (tertiary/aromatic N) is 2. The minimum Gasteiger partial charge on any atom is -0.493 e. The zero-order valence-electron chi connectivity index (χ0n) is 30.3. The number of aromatic nitrogens is 1. The molecule has 3 aromatic rings. The Morgan fingerprint density at radius 3 is 2.04 bits per heavy atom. The molecule has 5 N–H and O–H groups in total. The Hall–Kier alpha value is -3.57. The number of ether oxygens (including phenoxy) is 3. The number of nitrogens with two attached hydrogens (primary N) is 1.